The van der Waals surface area contributed by atoms with Gasteiger partial charge in [0.15, 0.2) is 0 Å². The molecule has 0 bridgehead atoms. The molecule has 0 saturated carbocycles. The largest absolute Gasteiger partial charge is 0.0654 e. The van der Waals surface area contributed by atoms with Crippen LogP contribution in [0.15, 0.2) is 0 Å². The molecule has 0 aliphatic carbocycles. The highest BCUT2D eigenvalue weighted by atomic mass is 14.4. The van der Waals surface area contributed by atoms with E-state index in [4.69, 9.17) is 0 Å². The first-order chi connectivity index (χ1) is 7.96. The molecule has 0 radical (unpaired) electrons. The van der Waals surface area contributed by atoms with Crippen LogP contribution in [0.25, 0.3) is 0 Å². The maximum absolute atomic E-state index is 2.53. The van der Waals surface area contributed by atoms with E-state index in [1.54, 1.807) is 0 Å². The molecule has 104 valence electrons. The van der Waals surface area contributed by atoms with Crippen molar-refractivity contribution in [2.75, 3.05) is 0 Å². The second-order valence-electron chi connectivity index (χ2n) is 6.75. The van der Waals surface area contributed by atoms with Crippen molar-refractivity contribution < 1.29 is 0 Å². The molecule has 0 rings (SSSR count). The van der Waals surface area contributed by atoms with E-state index >= 15 is 0 Å². The number of unbranched alkanes of at least 4 members (excludes halogenated alkanes) is 3. The third-order valence-electron chi connectivity index (χ3n) is 4.38. The average Bonchev–Trinajstić information content (AvgIpc) is 2.23. The Bertz CT molecular complexity index is 171. The van der Waals surface area contributed by atoms with E-state index < -0.39 is 0 Å². The predicted molar refractivity (Wildman–Crippen MR) is 80.4 cm³/mol. The van der Waals surface area contributed by atoms with Gasteiger partial charge in [0.1, 0.15) is 0 Å². The standard InChI is InChI=1S/C17H36/c1-7-9-10-11-12-16(5)17(6,13-8-2)14-15(3)4/h15-16H,7-14H2,1-6H3. The Morgan fingerprint density at radius 2 is 1.53 bits per heavy atom. The van der Waals surface area contributed by atoms with Gasteiger partial charge < -0.3 is 0 Å². The monoisotopic (exact) mass is 240 g/mol. The van der Waals surface area contributed by atoms with Crippen LogP contribution in [0.1, 0.15) is 92.9 Å². The van der Waals surface area contributed by atoms with E-state index in [0.717, 1.165) is 11.8 Å². The van der Waals surface area contributed by atoms with Crippen molar-refractivity contribution in [2.24, 2.45) is 17.3 Å². The van der Waals surface area contributed by atoms with Gasteiger partial charge in [-0.1, -0.05) is 80.1 Å². The predicted octanol–water partition coefficient (Wildman–Crippen LogP) is 6.45. The molecular weight excluding hydrogens is 204 g/mol. The van der Waals surface area contributed by atoms with Gasteiger partial charge in [-0.3, -0.25) is 0 Å². The van der Waals surface area contributed by atoms with Crippen molar-refractivity contribution in [3.8, 4) is 0 Å². The summed E-state index contributed by atoms with van der Waals surface area (Å²) < 4.78 is 0. The molecule has 0 N–H and O–H groups in total. The van der Waals surface area contributed by atoms with Crippen molar-refractivity contribution >= 4 is 0 Å². The molecule has 0 heterocycles. The lowest BCUT2D eigenvalue weighted by molar-refractivity contribution is 0.132. The summed E-state index contributed by atoms with van der Waals surface area (Å²) in [4.78, 5) is 0. The number of hydrogen-bond donors (Lipinski definition) is 0. The smallest absolute Gasteiger partial charge is 0.0298 e. The van der Waals surface area contributed by atoms with Gasteiger partial charge in [-0.2, -0.15) is 0 Å². The van der Waals surface area contributed by atoms with Crippen LogP contribution in [0.3, 0.4) is 0 Å². The van der Waals surface area contributed by atoms with Crippen molar-refractivity contribution in [2.45, 2.75) is 92.9 Å². The van der Waals surface area contributed by atoms with E-state index in [1.165, 1.54) is 51.4 Å². The molecule has 0 aliphatic heterocycles. The first kappa shape index (κ1) is 17.0. The van der Waals surface area contributed by atoms with Crippen molar-refractivity contribution in [3.05, 3.63) is 0 Å². The zero-order valence-electron chi connectivity index (χ0n) is 13.3. The number of hydrogen-bond acceptors (Lipinski definition) is 0. The Balaban J connectivity index is 4.17. The molecule has 0 spiro atoms. The maximum Gasteiger partial charge on any atom is -0.0298 e. The molecule has 17 heavy (non-hydrogen) atoms. The molecule has 0 aromatic carbocycles. The van der Waals surface area contributed by atoms with Crippen LogP contribution in [0, 0.1) is 17.3 Å². The third kappa shape index (κ3) is 7.11. The Kier molecular flexibility index (Phi) is 9.00. The van der Waals surface area contributed by atoms with E-state index in [1.807, 2.05) is 0 Å². The zero-order chi connectivity index (χ0) is 13.3. The van der Waals surface area contributed by atoms with E-state index in [0.29, 0.717) is 5.41 Å². The summed E-state index contributed by atoms with van der Waals surface area (Å²) in [5.41, 5.74) is 0.579. The topological polar surface area (TPSA) is 0 Å². The second-order valence-corrected chi connectivity index (χ2v) is 6.75. The highest BCUT2D eigenvalue weighted by Gasteiger charge is 2.30. The molecule has 0 nitrogen and oxygen atoms in total. The Morgan fingerprint density at radius 3 is 2.00 bits per heavy atom. The van der Waals surface area contributed by atoms with Gasteiger partial charge in [0.25, 0.3) is 0 Å². The fourth-order valence-electron chi connectivity index (χ4n) is 3.28. The summed E-state index contributed by atoms with van der Waals surface area (Å²) in [5.74, 6) is 1.73. The first-order valence-electron chi connectivity index (χ1n) is 7.96. The van der Waals surface area contributed by atoms with Crippen LogP contribution < -0.4 is 0 Å². The minimum atomic E-state index is 0.579. The van der Waals surface area contributed by atoms with Crippen LogP contribution in [0.2, 0.25) is 0 Å². The van der Waals surface area contributed by atoms with Crippen LogP contribution >= 0.6 is 0 Å². The molecule has 0 aromatic heterocycles. The summed E-state index contributed by atoms with van der Waals surface area (Å²) in [6.45, 7) is 14.4. The third-order valence-corrected chi connectivity index (χ3v) is 4.38. The van der Waals surface area contributed by atoms with Crippen LogP contribution in [0.4, 0.5) is 0 Å². The van der Waals surface area contributed by atoms with E-state index in [2.05, 4.69) is 41.5 Å². The molecule has 2 unspecified atom stereocenters. The molecule has 0 amide bonds. The lowest BCUT2D eigenvalue weighted by Crippen LogP contribution is -2.27. The SMILES string of the molecule is CCCCCCC(C)C(C)(CCC)CC(C)C. The van der Waals surface area contributed by atoms with Crippen LogP contribution in [-0.2, 0) is 0 Å². The minimum Gasteiger partial charge on any atom is -0.0654 e. The average molecular weight is 240 g/mol. The maximum atomic E-state index is 2.53. The van der Waals surface area contributed by atoms with Gasteiger partial charge in [-0.15, -0.1) is 0 Å². The lowest BCUT2D eigenvalue weighted by Gasteiger charge is -2.37. The quantitative estimate of drug-likeness (QED) is 0.385. The Labute approximate surface area is 111 Å². The van der Waals surface area contributed by atoms with Gasteiger partial charge in [0.05, 0.1) is 0 Å². The van der Waals surface area contributed by atoms with E-state index in [9.17, 15) is 0 Å². The normalized spacial score (nSPS) is 17.1. The van der Waals surface area contributed by atoms with Crippen molar-refractivity contribution in [1.29, 1.82) is 0 Å². The fourth-order valence-corrected chi connectivity index (χ4v) is 3.28. The first-order valence-corrected chi connectivity index (χ1v) is 7.96. The van der Waals surface area contributed by atoms with Gasteiger partial charge in [0, 0.05) is 0 Å². The van der Waals surface area contributed by atoms with E-state index in [-0.39, 0.29) is 0 Å². The van der Waals surface area contributed by atoms with Gasteiger partial charge in [-0.25, -0.2) is 0 Å². The Morgan fingerprint density at radius 1 is 0.882 bits per heavy atom. The molecule has 0 heteroatoms. The van der Waals surface area contributed by atoms with Crippen molar-refractivity contribution in [1.82, 2.24) is 0 Å². The second kappa shape index (κ2) is 9.00. The Hall–Kier alpha value is 0. The molecule has 0 fully saturated rings. The molecular formula is C17H36. The summed E-state index contributed by atoms with van der Waals surface area (Å²) in [7, 11) is 0. The summed E-state index contributed by atoms with van der Waals surface area (Å²) in [5, 5.41) is 0. The lowest BCUT2D eigenvalue weighted by atomic mass is 9.68. The highest BCUT2D eigenvalue weighted by molar-refractivity contribution is 4.81. The van der Waals surface area contributed by atoms with Gasteiger partial charge in [-0.05, 0) is 30.1 Å². The summed E-state index contributed by atoms with van der Waals surface area (Å²) in [6, 6.07) is 0. The van der Waals surface area contributed by atoms with Gasteiger partial charge in [0.2, 0.25) is 0 Å². The molecule has 0 saturated heterocycles. The molecule has 0 aromatic rings. The van der Waals surface area contributed by atoms with Crippen molar-refractivity contribution in [3.63, 3.8) is 0 Å². The minimum absolute atomic E-state index is 0.579. The molecule has 0 aliphatic rings. The highest BCUT2D eigenvalue weighted by Crippen LogP contribution is 2.41. The summed E-state index contributed by atoms with van der Waals surface area (Å²) in [6.07, 6.45) is 11.2. The zero-order valence-corrected chi connectivity index (χ0v) is 13.3. The van der Waals surface area contributed by atoms with Gasteiger partial charge >= 0.3 is 0 Å². The van der Waals surface area contributed by atoms with Crippen LogP contribution in [-0.4, -0.2) is 0 Å². The fraction of sp³-hybridized carbons (Fsp3) is 1.00. The molecule has 2 atom stereocenters. The van der Waals surface area contributed by atoms with Crippen LogP contribution in [0.5, 0.6) is 0 Å². The summed E-state index contributed by atoms with van der Waals surface area (Å²) >= 11 is 0. The number of rotatable bonds is 10.